The van der Waals surface area contributed by atoms with Gasteiger partial charge in [0.05, 0.1) is 83.1 Å². The maximum atomic E-state index is 10.9. The number of nitrogen functional groups attached to an aromatic ring is 1. The SMILES string of the molecule is CSC(=N)c1cccs1.NC(=Nc1ccc2ccn(CCCCn3ccnc3)c2c1)c1cccs1.Nc1ccc2ccn(CCCCn3ccnc3)c2c1.O=[N+]([O-])c1ccc2cc[nH]c2c1.O=[N+]([O-])c1ccc2ccn(CCCCCl)c2c1.O=[N+]([O-])c1ccc2ccn(CCCCn3ccnc3)c2c1.c1c[nH]cn1. The number of nitrogens with two attached hydrogens (primary N) is 2. The number of aromatic amines is 2. The molecule has 0 aliphatic heterocycles. The van der Waals surface area contributed by atoms with Crippen LogP contribution in [0.1, 0.15) is 61.1 Å². The van der Waals surface area contributed by atoms with Gasteiger partial charge in [-0.15, -0.1) is 46.0 Å². The fourth-order valence-corrected chi connectivity index (χ4v) is 13.7. The van der Waals surface area contributed by atoms with Gasteiger partial charge in [0.2, 0.25) is 0 Å². The minimum absolute atomic E-state index is 0.116. The Morgan fingerprint density at radius 3 is 1.34 bits per heavy atom. The third-order valence-electron chi connectivity index (χ3n) is 17.3. The average molecular weight is 1540 g/mol. The normalized spacial score (nSPS) is 10.9. The smallest absolute Gasteiger partial charge is 0.271 e. The second-order valence-corrected chi connectivity index (χ2v) is 27.9. The Labute approximate surface area is 646 Å². The van der Waals surface area contributed by atoms with Crippen LogP contribution in [0.3, 0.4) is 0 Å². The van der Waals surface area contributed by atoms with Crippen LogP contribution in [0.5, 0.6) is 0 Å². The zero-order chi connectivity index (χ0) is 76.5. The molecule has 562 valence electrons. The summed E-state index contributed by atoms with van der Waals surface area (Å²) in [6.07, 6.45) is 42.5. The van der Waals surface area contributed by atoms with Gasteiger partial charge in [-0.25, -0.2) is 24.9 Å². The van der Waals surface area contributed by atoms with Crippen molar-refractivity contribution in [2.24, 2.45) is 10.7 Å². The summed E-state index contributed by atoms with van der Waals surface area (Å²) in [5, 5.41) is 49.5. The summed E-state index contributed by atoms with van der Waals surface area (Å²) in [4.78, 5) is 58.9. The molecule has 11 aromatic heterocycles. The Morgan fingerprint density at radius 2 is 0.927 bits per heavy atom. The molecule has 0 amide bonds. The second-order valence-electron chi connectivity index (χ2n) is 24.8. The van der Waals surface area contributed by atoms with Gasteiger partial charge in [-0.2, -0.15) is 0 Å². The molecule has 0 unspecified atom stereocenters. The van der Waals surface area contributed by atoms with Crippen LogP contribution >= 0.6 is 46.0 Å². The molecule has 11 heterocycles. The van der Waals surface area contributed by atoms with E-state index in [2.05, 4.69) is 105 Å². The van der Waals surface area contributed by atoms with E-state index in [-0.39, 0.29) is 26.9 Å². The average Bonchev–Trinajstić information content (AvgIpc) is 1.70. The van der Waals surface area contributed by atoms with E-state index in [1.165, 1.54) is 51.8 Å². The van der Waals surface area contributed by atoms with Gasteiger partial charge in [-0.1, -0.05) is 24.3 Å². The number of hydrogen-bond acceptors (Lipinski definition) is 16. The van der Waals surface area contributed by atoms with E-state index in [1.807, 2.05) is 145 Å². The largest absolute Gasteiger partial charge is 0.399 e. The number of thiophene rings is 2. The first-order valence-electron chi connectivity index (χ1n) is 35.2. The van der Waals surface area contributed by atoms with Gasteiger partial charge in [0.25, 0.3) is 17.1 Å². The molecule has 7 N–H and O–H groups in total. The zero-order valence-electron chi connectivity index (χ0n) is 60.1. The molecule has 0 bridgehead atoms. The van der Waals surface area contributed by atoms with Crippen LogP contribution in [-0.4, -0.2) is 99.7 Å². The van der Waals surface area contributed by atoms with Crippen LogP contribution in [0.15, 0.2) is 267 Å². The third-order valence-corrected chi connectivity index (χ3v) is 20.1. The van der Waals surface area contributed by atoms with Crippen molar-refractivity contribution in [2.45, 2.75) is 97.2 Å². The van der Waals surface area contributed by atoms with Gasteiger partial charge in [0.1, 0.15) is 10.9 Å². The molecule has 0 saturated heterocycles. The fourth-order valence-electron chi connectivity index (χ4n) is 11.6. The molecule has 0 aliphatic carbocycles. The lowest BCUT2D eigenvalue weighted by atomic mass is 10.2. The van der Waals surface area contributed by atoms with E-state index < -0.39 is 4.92 Å². The van der Waals surface area contributed by atoms with Crippen molar-refractivity contribution in [1.29, 1.82) is 5.41 Å². The number of benzene rings is 5. The Balaban J connectivity index is 0.000000141. The Hall–Kier alpha value is -12.2. The first-order valence-corrected chi connectivity index (χ1v) is 38.7. The third kappa shape index (κ3) is 24.2. The molecule has 109 heavy (non-hydrogen) atoms. The van der Waals surface area contributed by atoms with Gasteiger partial charge in [0.15, 0.2) is 0 Å². The number of aromatic nitrogens is 13. The number of aryl methyl sites for hydroxylation is 7. The number of unbranched alkanes of at least 4 members (excludes halogenated alkanes) is 4. The number of rotatable bonds is 25. The van der Waals surface area contributed by atoms with Crippen molar-refractivity contribution >= 4 is 140 Å². The Morgan fingerprint density at radius 1 is 0.495 bits per heavy atom. The molecule has 0 aliphatic rings. The molecule has 5 aromatic carbocycles. The summed E-state index contributed by atoms with van der Waals surface area (Å²) in [7, 11) is 0. The number of anilines is 1. The van der Waals surface area contributed by atoms with Crippen molar-refractivity contribution in [3.63, 3.8) is 0 Å². The molecule has 16 rings (SSSR count). The highest BCUT2D eigenvalue weighted by molar-refractivity contribution is 8.14. The Bertz CT molecular complexity index is 5400. The van der Waals surface area contributed by atoms with Gasteiger partial charge in [-0.05, 0) is 169 Å². The van der Waals surface area contributed by atoms with Crippen molar-refractivity contribution in [3.05, 3.63) is 302 Å². The summed E-state index contributed by atoms with van der Waals surface area (Å²) in [6.45, 7) is 6.71. The van der Waals surface area contributed by atoms with Crippen LogP contribution in [-0.2, 0) is 45.8 Å². The topological polar surface area (TPSA) is 335 Å². The molecular weight excluding hydrogens is 1460 g/mol. The van der Waals surface area contributed by atoms with E-state index in [9.17, 15) is 30.3 Å². The highest BCUT2D eigenvalue weighted by Gasteiger charge is 2.13. The quantitative estimate of drug-likeness (QED) is 0.00676. The monoisotopic (exact) mass is 1540 g/mol. The molecule has 0 fully saturated rings. The van der Waals surface area contributed by atoms with Crippen LogP contribution in [0, 0.1) is 35.8 Å². The standard InChI is InChI=1S/C20H21N5S.C15H16N4O2.C15H18N4.C12H13ClN2O2.C8H6N2O2.C6H7NS2.C3H4N2/c21-20(19-4-3-13-26-19)23-17-6-5-16-7-11-25(18(16)14-17)10-2-1-9-24-12-8-22-15-24;20-19(21)14-4-3-13-5-9-18(15(13)11-14)8-2-1-7-17-10-6-16-12-17;16-14-4-3-13-5-9-19(15(13)11-14)8-2-1-7-18-10-6-17-12-18;13-6-1-2-7-14-8-5-10-3-4-11(15(16)17)9-12(10)14;11-10(12)7-2-1-6-3-4-9-8(6)5-7;1-8-6(7)5-3-2-4-9-5;1-2-5-3-4-1/h3-8,11-15H,1-2,9-10H2,(H2,21,23);3-6,9-12H,1-2,7-8H2;3-6,9-12H,1-2,7-8,16H2;3-5,8-9H,1-2,6-7H2;1-5,9H;2-4,7H,1H3;1-3H,(H,4,5). The second kappa shape index (κ2) is 41.7. The zero-order valence-corrected chi connectivity index (χ0v) is 63.3. The lowest BCUT2D eigenvalue weighted by Crippen LogP contribution is -2.10. The molecule has 26 nitrogen and oxygen atoms in total. The lowest BCUT2D eigenvalue weighted by Gasteiger charge is -2.07. The number of imidazole rings is 4. The summed E-state index contributed by atoms with van der Waals surface area (Å²) >= 11 is 10.3. The minimum Gasteiger partial charge on any atom is -0.399 e. The van der Waals surface area contributed by atoms with Gasteiger partial charge in [-0.3, -0.25) is 35.8 Å². The first-order chi connectivity index (χ1) is 53.2. The van der Waals surface area contributed by atoms with Crippen molar-refractivity contribution in [3.8, 4) is 0 Å². The van der Waals surface area contributed by atoms with Crippen LogP contribution < -0.4 is 11.5 Å². The number of halogens is 1. The number of non-ortho nitro benzene ring substituents is 3. The summed E-state index contributed by atoms with van der Waals surface area (Å²) in [6, 6.07) is 45.0. The maximum absolute atomic E-state index is 10.9. The summed E-state index contributed by atoms with van der Waals surface area (Å²) in [5.74, 6) is 1.22. The van der Waals surface area contributed by atoms with E-state index in [0.717, 1.165) is 151 Å². The molecule has 0 saturated carbocycles. The van der Waals surface area contributed by atoms with E-state index in [0.29, 0.717) is 16.8 Å². The number of amidine groups is 1. The van der Waals surface area contributed by atoms with E-state index in [1.54, 1.807) is 90.2 Å². The number of nitrogens with zero attached hydrogens (tertiary/aromatic N) is 15. The minimum atomic E-state index is -0.402. The van der Waals surface area contributed by atoms with Gasteiger partial charge < -0.3 is 53.4 Å². The van der Waals surface area contributed by atoms with E-state index in [4.69, 9.17) is 28.5 Å². The molecule has 16 aromatic rings. The number of H-pyrrole nitrogens is 2. The first kappa shape index (κ1) is 79.4. The predicted octanol–water partition coefficient (Wildman–Crippen LogP) is 19.0. The van der Waals surface area contributed by atoms with Crippen LogP contribution in [0.2, 0.25) is 0 Å². The van der Waals surface area contributed by atoms with Gasteiger partial charge >= 0.3 is 0 Å². The number of nitrogens with one attached hydrogen (secondary N) is 3. The van der Waals surface area contributed by atoms with Crippen LogP contribution in [0.25, 0.3) is 54.5 Å². The number of hydrogen-bond donors (Lipinski definition) is 5. The summed E-state index contributed by atoms with van der Waals surface area (Å²) < 4.78 is 15.0. The predicted molar refractivity (Wildman–Crippen MR) is 443 cm³/mol. The highest BCUT2D eigenvalue weighted by Crippen LogP contribution is 2.28. The van der Waals surface area contributed by atoms with Crippen molar-refractivity contribution in [1.82, 2.24) is 61.9 Å². The fraction of sp³-hybridized carbons (Fsp3) is 0.215. The number of fused-ring (bicyclic) bond motifs is 5. The lowest BCUT2D eigenvalue weighted by molar-refractivity contribution is -0.384. The number of nitro benzene ring substituents is 3. The van der Waals surface area contributed by atoms with E-state index >= 15 is 0 Å². The molecular formula is C79H85ClN20O6S3. The molecule has 0 radical (unpaired) electrons. The molecule has 0 atom stereocenters. The summed E-state index contributed by atoms with van der Waals surface area (Å²) in [5.41, 5.74) is 19.1. The number of aliphatic imine (C=N–C) groups is 1. The highest BCUT2D eigenvalue weighted by atomic mass is 35.5. The number of thioether (sulfide) groups is 1. The van der Waals surface area contributed by atoms with Gasteiger partial charge in [0, 0.05) is 185 Å². The molecule has 0 spiro atoms. The molecule has 30 heteroatoms. The number of alkyl halides is 1. The van der Waals surface area contributed by atoms with Crippen molar-refractivity contribution < 1.29 is 14.8 Å². The Kier molecular flexibility index (Phi) is 30.3. The number of nitro groups is 3. The maximum Gasteiger partial charge on any atom is 0.271 e. The van der Waals surface area contributed by atoms with Crippen molar-refractivity contribution in [2.75, 3.05) is 17.9 Å². The van der Waals surface area contributed by atoms with Crippen LogP contribution in [0.4, 0.5) is 28.4 Å².